The summed E-state index contributed by atoms with van der Waals surface area (Å²) in [7, 11) is 3.06. The van der Waals surface area contributed by atoms with Crippen molar-refractivity contribution in [3.05, 3.63) is 23.8 Å². The predicted molar refractivity (Wildman–Crippen MR) is 72.4 cm³/mol. The summed E-state index contributed by atoms with van der Waals surface area (Å²) in [5.41, 5.74) is 0.633. The summed E-state index contributed by atoms with van der Waals surface area (Å²) < 4.78 is 39.5. The third-order valence-corrected chi connectivity index (χ3v) is 2.88. The molecule has 20 heavy (non-hydrogen) atoms. The van der Waals surface area contributed by atoms with Crippen LogP contribution in [-0.2, 0) is 11.3 Å². The van der Waals surface area contributed by atoms with Crippen LogP contribution in [0.3, 0.4) is 0 Å². The van der Waals surface area contributed by atoms with Crippen LogP contribution in [0, 0.1) is 0 Å². The zero-order valence-electron chi connectivity index (χ0n) is 12.0. The van der Waals surface area contributed by atoms with Crippen molar-refractivity contribution in [3.8, 4) is 11.5 Å². The Morgan fingerprint density at radius 3 is 2.60 bits per heavy atom. The highest BCUT2D eigenvalue weighted by atomic mass is 19.3. The second kappa shape index (κ2) is 8.71. The molecule has 0 aliphatic carbocycles. The Bertz CT molecular complexity index is 402. The highest BCUT2D eigenvalue weighted by molar-refractivity contribution is 5.46. The number of methoxy groups -OCH3 is 2. The van der Waals surface area contributed by atoms with Crippen LogP contribution >= 0.6 is 0 Å². The second-order valence-corrected chi connectivity index (χ2v) is 4.39. The van der Waals surface area contributed by atoms with Crippen molar-refractivity contribution in [3.63, 3.8) is 0 Å². The van der Waals surface area contributed by atoms with E-state index in [0.29, 0.717) is 24.5 Å². The van der Waals surface area contributed by atoms with Crippen molar-refractivity contribution in [1.29, 1.82) is 0 Å². The fraction of sp³-hybridized carbons (Fsp3) is 0.571. The van der Waals surface area contributed by atoms with E-state index in [-0.39, 0.29) is 11.8 Å². The molecule has 1 rings (SSSR count). The lowest BCUT2D eigenvalue weighted by Crippen LogP contribution is -2.27. The van der Waals surface area contributed by atoms with Gasteiger partial charge in [0.2, 0.25) is 0 Å². The lowest BCUT2D eigenvalue weighted by molar-refractivity contribution is -0.0518. The predicted octanol–water partition coefficient (Wildman–Crippen LogP) is 2.81. The molecule has 0 saturated heterocycles. The normalized spacial score (nSPS) is 12.5. The van der Waals surface area contributed by atoms with E-state index in [0.717, 1.165) is 6.42 Å². The van der Waals surface area contributed by atoms with Crippen molar-refractivity contribution in [2.45, 2.75) is 32.5 Å². The highest BCUT2D eigenvalue weighted by Gasteiger charge is 2.15. The van der Waals surface area contributed by atoms with E-state index < -0.39 is 6.61 Å². The first-order chi connectivity index (χ1) is 9.58. The van der Waals surface area contributed by atoms with Gasteiger partial charge in [0.25, 0.3) is 0 Å². The molecule has 0 bridgehead atoms. The molecular weight excluding hydrogens is 268 g/mol. The van der Waals surface area contributed by atoms with Crippen molar-refractivity contribution in [1.82, 2.24) is 5.32 Å². The Kier molecular flexibility index (Phi) is 7.25. The second-order valence-electron chi connectivity index (χ2n) is 4.39. The molecule has 0 aliphatic heterocycles. The number of alkyl halides is 2. The zero-order chi connectivity index (χ0) is 15.0. The van der Waals surface area contributed by atoms with Crippen LogP contribution in [0.1, 0.15) is 18.9 Å². The summed E-state index contributed by atoms with van der Waals surface area (Å²) in [5, 5.41) is 3.24. The molecule has 1 N–H and O–H groups in total. The van der Waals surface area contributed by atoms with Crippen LogP contribution in [0.2, 0.25) is 0 Å². The summed E-state index contributed by atoms with van der Waals surface area (Å²) in [6.07, 6.45) is 0.839. The molecule has 1 atom stereocenters. The Hall–Kier alpha value is -1.40. The molecule has 0 saturated carbocycles. The molecular formula is C14H21F2NO3. The average molecular weight is 289 g/mol. The number of nitrogens with one attached hydrogen (secondary N) is 1. The van der Waals surface area contributed by atoms with Gasteiger partial charge in [0, 0.05) is 31.9 Å². The maximum absolute atomic E-state index is 12.5. The molecule has 6 heteroatoms. The van der Waals surface area contributed by atoms with Crippen LogP contribution in [0.15, 0.2) is 18.2 Å². The number of hydrogen-bond donors (Lipinski definition) is 1. The largest absolute Gasteiger partial charge is 0.493 e. The fourth-order valence-electron chi connectivity index (χ4n) is 1.76. The van der Waals surface area contributed by atoms with Crippen LogP contribution in [-0.4, -0.2) is 33.5 Å². The first kappa shape index (κ1) is 16.7. The van der Waals surface area contributed by atoms with Crippen LogP contribution < -0.4 is 14.8 Å². The highest BCUT2D eigenvalue weighted by Crippen LogP contribution is 2.32. The van der Waals surface area contributed by atoms with Crippen molar-refractivity contribution >= 4 is 0 Å². The minimum atomic E-state index is -2.88. The van der Waals surface area contributed by atoms with Crippen molar-refractivity contribution in [2.24, 2.45) is 0 Å². The van der Waals surface area contributed by atoms with Gasteiger partial charge in [0.15, 0.2) is 11.5 Å². The SMILES string of the molecule is COCCC(C)NCc1cccc(OC)c1OC(F)F. The van der Waals surface area contributed by atoms with Gasteiger partial charge in [0.05, 0.1) is 7.11 Å². The van der Waals surface area contributed by atoms with Gasteiger partial charge in [0.1, 0.15) is 0 Å². The van der Waals surface area contributed by atoms with E-state index in [2.05, 4.69) is 10.1 Å². The van der Waals surface area contributed by atoms with Gasteiger partial charge in [-0.05, 0) is 19.4 Å². The molecule has 0 aromatic heterocycles. The Morgan fingerprint density at radius 1 is 1.25 bits per heavy atom. The number of hydrogen-bond acceptors (Lipinski definition) is 4. The number of benzene rings is 1. The van der Waals surface area contributed by atoms with Crippen molar-refractivity contribution < 1.29 is 23.0 Å². The molecule has 1 aromatic carbocycles. The zero-order valence-corrected chi connectivity index (χ0v) is 12.0. The molecule has 4 nitrogen and oxygen atoms in total. The first-order valence-corrected chi connectivity index (χ1v) is 6.41. The number of ether oxygens (including phenoxy) is 3. The van der Waals surface area contributed by atoms with E-state index in [1.807, 2.05) is 6.92 Å². The quantitative estimate of drug-likeness (QED) is 0.759. The van der Waals surface area contributed by atoms with Gasteiger partial charge in [-0.1, -0.05) is 12.1 Å². The fourth-order valence-corrected chi connectivity index (χ4v) is 1.76. The van der Waals surface area contributed by atoms with Gasteiger partial charge < -0.3 is 19.5 Å². The average Bonchev–Trinajstić information content (AvgIpc) is 2.43. The molecule has 0 aliphatic rings. The van der Waals surface area contributed by atoms with Crippen LogP contribution in [0.5, 0.6) is 11.5 Å². The Balaban J connectivity index is 2.72. The summed E-state index contributed by atoms with van der Waals surface area (Å²) in [6.45, 7) is 0.194. The lowest BCUT2D eigenvalue weighted by atomic mass is 10.1. The number of halogens is 2. The number of rotatable bonds is 9. The molecule has 1 aromatic rings. The topological polar surface area (TPSA) is 39.7 Å². The molecule has 0 radical (unpaired) electrons. The van der Waals surface area contributed by atoms with Gasteiger partial charge in [-0.2, -0.15) is 8.78 Å². The van der Waals surface area contributed by atoms with Gasteiger partial charge in [-0.15, -0.1) is 0 Å². The molecule has 0 heterocycles. The summed E-state index contributed by atoms with van der Waals surface area (Å²) in [4.78, 5) is 0. The summed E-state index contributed by atoms with van der Waals surface area (Å²) in [5.74, 6) is 0.380. The monoisotopic (exact) mass is 289 g/mol. The molecule has 0 spiro atoms. The van der Waals surface area contributed by atoms with Crippen LogP contribution in [0.25, 0.3) is 0 Å². The maximum atomic E-state index is 12.5. The first-order valence-electron chi connectivity index (χ1n) is 6.41. The molecule has 1 unspecified atom stereocenters. The van der Waals surface area contributed by atoms with Gasteiger partial charge >= 0.3 is 6.61 Å². The van der Waals surface area contributed by atoms with Crippen molar-refractivity contribution in [2.75, 3.05) is 20.8 Å². The number of para-hydroxylation sites is 1. The van der Waals surface area contributed by atoms with E-state index in [1.54, 1.807) is 25.3 Å². The third kappa shape index (κ3) is 5.30. The third-order valence-electron chi connectivity index (χ3n) is 2.88. The summed E-state index contributed by atoms with van der Waals surface area (Å²) in [6, 6.07) is 5.28. The van der Waals surface area contributed by atoms with E-state index in [4.69, 9.17) is 9.47 Å². The minimum Gasteiger partial charge on any atom is -0.493 e. The summed E-state index contributed by atoms with van der Waals surface area (Å²) >= 11 is 0. The molecule has 114 valence electrons. The van der Waals surface area contributed by atoms with E-state index >= 15 is 0 Å². The standard InChI is InChI=1S/C14H21F2NO3/c1-10(7-8-18-2)17-9-11-5-4-6-12(19-3)13(11)20-14(15)16/h4-6,10,14,17H,7-9H2,1-3H3. The van der Waals surface area contributed by atoms with Gasteiger partial charge in [-0.3, -0.25) is 0 Å². The molecule has 0 amide bonds. The lowest BCUT2D eigenvalue weighted by Gasteiger charge is -2.17. The molecule has 0 fully saturated rings. The van der Waals surface area contributed by atoms with Gasteiger partial charge in [-0.25, -0.2) is 0 Å². The van der Waals surface area contributed by atoms with Crippen LogP contribution in [0.4, 0.5) is 8.78 Å². The Labute approximate surface area is 118 Å². The van der Waals surface area contributed by atoms with E-state index in [1.165, 1.54) is 7.11 Å². The van der Waals surface area contributed by atoms with E-state index in [9.17, 15) is 8.78 Å². The smallest absolute Gasteiger partial charge is 0.387 e. The minimum absolute atomic E-state index is 0.0800. The Morgan fingerprint density at radius 2 is 2.00 bits per heavy atom. The maximum Gasteiger partial charge on any atom is 0.387 e.